The fourth-order valence-electron chi connectivity index (χ4n) is 4.29. The van der Waals surface area contributed by atoms with E-state index in [-0.39, 0.29) is 5.91 Å². The predicted octanol–water partition coefficient (Wildman–Crippen LogP) is 4.12. The van der Waals surface area contributed by atoms with Crippen LogP contribution in [0.15, 0.2) is 28.8 Å². The second-order valence-electron chi connectivity index (χ2n) is 8.03. The van der Waals surface area contributed by atoms with Gasteiger partial charge in [-0.05, 0) is 37.0 Å². The molecule has 4 rings (SSSR count). The van der Waals surface area contributed by atoms with Gasteiger partial charge in [0.05, 0.1) is 0 Å². The first-order chi connectivity index (χ1) is 13.7. The summed E-state index contributed by atoms with van der Waals surface area (Å²) in [5, 5.41) is 7.46. The second-order valence-corrected chi connectivity index (χ2v) is 8.03. The number of aromatic nitrogens is 2. The summed E-state index contributed by atoms with van der Waals surface area (Å²) in [6, 6.07) is 7.84. The van der Waals surface area contributed by atoms with Crippen LogP contribution in [0.4, 0.5) is 0 Å². The van der Waals surface area contributed by atoms with Crippen LogP contribution in [0.2, 0.25) is 0 Å². The third kappa shape index (κ3) is 3.97. The first-order valence-electron chi connectivity index (χ1n) is 10.5. The van der Waals surface area contributed by atoms with Crippen molar-refractivity contribution in [1.29, 1.82) is 0 Å². The minimum absolute atomic E-state index is 0.106. The van der Waals surface area contributed by atoms with Crippen LogP contribution in [-0.2, 0) is 16.7 Å². The summed E-state index contributed by atoms with van der Waals surface area (Å²) in [6.07, 6.45) is 8.07. The van der Waals surface area contributed by atoms with E-state index in [1.54, 1.807) is 0 Å². The fourth-order valence-corrected chi connectivity index (χ4v) is 4.29. The Morgan fingerprint density at radius 2 is 1.89 bits per heavy atom. The number of carbonyl (C=O) groups excluding carboxylic acids is 1. The summed E-state index contributed by atoms with van der Waals surface area (Å²) < 4.78 is 11.2. The standard InChI is InChI=1S/C22H29N3O3/c1-2-5-16-8-10-18(11-9-16)20(26)24-22(12-14-27-15-13-22)21-23-19(25-28-21)17-6-3-4-7-17/h8-11,17H,2-7,12-15H2,1H3,(H,24,26). The van der Waals surface area contributed by atoms with Crippen molar-refractivity contribution >= 4 is 5.91 Å². The minimum atomic E-state index is -0.652. The van der Waals surface area contributed by atoms with Crippen molar-refractivity contribution in [1.82, 2.24) is 15.5 Å². The van der Waals surface area contributed by atoms with E-state index >= 15 is 0 Å². The summed E-state index contributed by atoms with van der Waals surface area (Å²) in [5.74, 6) is 1.59. The van der Waals surface area contributed by atoms with Gasteiger partial charge in [-0.15, -0.1) is 0 Å². The van der Waals surface area contributed by atoms with Gasteiger partial charge < -0.3 is 14.6 Å². The molecule has 0 unspecified atom stereocenters. The lowest BCUT2D eigenvalue weighted by Crippen LogP contribution is -2.49. The average molecular weight is 383 g/mol. The van der Waals surface area contributed by atoms with Gasteiger partial charge in [0, 0.05) is 37.5 Å². The predicted molar refractivity (Wildman–Crippen MR) is 105 cm³/mol. The highest BCUT2D eigenvalue weighted by Crippen LogP contribution is 2.36. The largest absolute Gasteiger partial charge is 0.381 e. The molecule has 28 heavy (non-hydrogen) atoms. The Balaban J connectivity index is 1.54. The van der Waals surface area contributed by atoms with Gasteiger partial charge in [0.25, 0.3) is 11.8 Å². The Kier molecular flexibility index (Phi) is 5.76. The van der Waals surface area contributed by atoms with Crippen molar-refractivity contribution < 1.29 is 14.1 Å². The Morgan fingerprint density at radius 1 is 1.18 bits per heavy atom. The van der Waals surface area contributed by atoms with Crippen LogP contribution in [-0.4, -0.2) is 29.3 Å². The van der Waals surface area contributed by atoms with E-state index in [2.05, 4.69) is 17.4 Å². The molecule has 0 radical (unpaired) electrons. The number of carbonyl (C=O) groups is 1. The van der Waals surface area contributed by atoms with Gasteiger partial charge in [0.1, 0.15) is 5.54 Å². The first-order valence-corrected chi connectivity index (χ1v) is 10.5. The third-order valence-corrected chi connectivity index (χ3v) is 6.03. The lowest BCUT2D eigenvalue weighted by Gasteiger charge is -2.34. The summed E-state index contributed by atoms with van der Waals surface area (Å²) in [4.78, 5) is 17.7. The Labute approximate surface area is 166 Å². The number of aryl methyl sites for hydroxylation is 1. The van der Waals surface area contributed by atoms with E-state index in [1.165, 1.54) is 18.4 Å². The smallest absolute Gasteiger partial charge is 0.252 e. The van der Waals surface area contributed by atoms with Crippen LogP contribution in [0.1, 0.15) is 85.4 Å². The van der Waals surface area contributed by atoms with Crippen molar-refractivity contribution in [2.24, 2.45) is 0 Å². The van der Waals surface area contributed by atoms with Crippen molar-refractivity contribution in [2.75, 3.05) is 13.2 Å². The number of ether oxygens (including phenoxy) is 1. The molecular formula is C22H29N3O3. The molecule has 2 aliphatic rings. The molecule has 1 saturated heterocycles. The maximum Gasteiger partial charge on any atom is 0.252 e. The van der Waals surface area contributed by atoms with Crippen LogP contribution < -0.4 is 5.32 Å². The molecule has 2 heterocycles. The molecule has 150 valence electrons. The molecule has 1 aromatic heterocycles. The zero-order valence-electron chi connectivity index (χ0n) is 16.6. The second kappa shape index (κ2) is 8.43. The van der Waals surface area contributed by atoms with Crippen LogP contribution >= 0.6 is 0 Å². The van der Waals surface area contributed by atoms with Gasteiger partial charge >= 0.3 is 0 Å². The number of hydrogen-bond donors (Lipinski definition) is 1. The van der Waals surface area contributed by atoms with Crippen LogP contribution in [0, 0.1) is 0 Å². The maximum absolute atomic E-state index is 13.0. The third-order valence-electron chi connectivity index (χ3n) is 6.03. The molecule has 1 N–H and O–H groups in total. The maximum atomic E-state index is 13.0. The summed E-state index contributed by atoms with van der Waals surface area (Å²) in [7, 11) is 0. The molecule has 1 aliphatic heterocycles. The SMILES string of the molecule is CCCc1ccc(C(=O)NC2(c3nc(C4CCCC4)no3)CCOCC2)cc1. The molecule has 1 amide bonds. The quantitative estimate of drug-likeness (QED) is 0.812. The zero-order chi connectivity index (χ0) is 19.4. The molecule has 0 spiro atoms. The Morgan fingerprint density at radius 3 is 2.57 bits per heavy atom. The molecule has 1 aromatic carbocycles. The van der Waals surface area contributed by atoms with E-state index in [0.717, 1.165) is 31.5 Å². The highest BCUT2D eigenvalue weighted by Gasteiger charge is 2.42. The van der Waals surface area contributed by atoms with Crippen molar-refractivity contribution in [2.45, 2.75) is 69.7 Å². The lowest BCUT2D eigenvalue weighted by atomic mass is 9.89. The fraction of sp³-hybridized carbons (Fsp3) is 0.591. The van der Waals surface area contributed by atoms with E-state index in [9.17, 15) is 4.79 Å². The number of nitrogens with zero attached hydrogens (tertiary/aromatic N) is 2. The first kappa shape index (κ1) is 19.1. The topological polar surface area (TPSA) is 77.3 Å². The van der Waals surface area contributed by atoms with Gasteiger partial charge in [0.2, 0.25) is 0 Å². The zero-order valence-corrected chi connectivity index (χ0v) is 16.6. The van der Waals surface area contributed by atoms with E-state index in [4.69, 9.17) is 14.2 Å². The molecular weight excluding hydrogens is 354 g/mol. The van der Waals surface area contributed by atoms with Crippen molar-refractivity contribution in [3.8, 4) is 0 Å². The summed E-state index contributed by atoms with van der Waals surface area (Å²) in [5.41, 5.74) is 1.25. The van der Waals surface area contributed by atoms with Gasteiger partial charge in [0.15, 0.2) is 5.82 Å². The number of nitrogens with one attached hydrogen (secondary N) is 1. The normalized spacial score (nSPS) is 19.6. The van der Waals surface area contributed by atoms with Crippen LogP contribution in [0.5, 0.6) is 0 Å². The van der Waals surface area contributed by atoms with E-state index < -0.39 is 5.54 Å². The number of hydrogen-bond acceptors (Lipinski definition) is 5. The van der Waals surface area contributed by atoms with E-state index in [1.807, 2.05) is 24.3 Å². The van der Waals surface area contributed by atoms with Crippen molar-refractivity contribution in [3.63, 3.8) is 0 Å². The van der Waals surface area contributed by atoms with Gasteiger partial charge in [-0.25, -0.2) is 0 Å². The molecule has 0 bridgehead atoms. The molecule has 1 saturated carbocycles. The average Bonchev–Trinajstić information content (AvgIpc) is 3.41. The van der Waals surface area contributed by atoms with Gasteiger partial charge in [-0.2, -0.15) is 4.98 Å². The van der Waals surface area contributed by atoms with Crippen molar-refractivity contribution in [3.05, 3.63) is 47.1 Å². The monoisotopic (exact) mass is 383 g/mol. The summed E-state index contributed by atoms with van der Waals surface area (Å²) >= 11 is 0. The number of benzene rings is 1. The molecule has 6 nitrogen and oxygen atoms in total. The highest BCUT2D eigenvalue weighted by atomic mass is 16.5. The molecule has 6 heteroatoms. The lowest BCUT2D eigenvalue weighted by molar-refractivity contribution is 0.0222. The van der Waals surface area contributed by atoms with E-state index in [0.29, 0.717) is 43.4 Å². The van der Waals surface area contributed by atoms with Gasteiger partial charge in [-0.1, -0.05) is 43.5 Å². The Hall–Kier alpha value is -2.21. The Bertz CT molecular complexity index is 788. The van der Waals surface area contributed by atoms with Crippen LogP contribution in [0.3, 0.4) is 0 Å². The molecule has 2 aromatic rings. The highest BCUT2D eigenvalue weighted by molar-refractivity contribution is 5.94. The minimum Gasteiger partial charge on any atom is -0.381 e. The van der Waals surface area contributed by atoms with Crippen LogP contribution in [0.25, 0.3) is 0 Å². The molecule has 2 fully saturated rings. The molecule has 1 aliphatic carbocycles. The molecule has 0 atom stereocenters. The van der Waals surface area contributed by atoms with Gasteiger partial charge in [-0.3, -0.25) is 4.79 Å². The summed E-state index contributed by atoms with van der Waals surface area (Å²) in [6.45, 7) is 3.29. The number of rotatable bonds is 6. The number of amides is 1.